The molecule has 2 aromatic rings. The summed E-state index contributed by atoms with van der Waals surface area (Å²) in [6.07, 6.45) is 3.42. The highest BCUT2D eigenvalue weighted by molar-refractivity contribution is 7.13. The Balaban J connectivity index is 1.66. The average Bonchev–Trinajstić information content (AvgIpc) is 3.08. The molecule has 110 valence electrons. The number of thiophene rings is 1. The Morgan fingerprint density at radius 1 is 1.33 bits per heavy atom. The summed E-state index contributed by atoms with van der Waals surface area (Å²) in [6.45, 7) is 1.90. The van der Waals surface area contributed by atoms with Gasteiger partial charge in [-0.15, -0.1) is 11.3 Å². The number of carbonyl (C=O) groups is 1. The number of nitrogens with zero attached hydrogens (tertiary/aromatic N) is 1. The third-order valence-corrected chi connectivity index (χ3v) is 4.57. The second kappa shape index (κ2) is 6.83. The molecule has 4 nitrogen and oxygen atoms in total. The van der Waals surface area contributed by atoms with Crippen LogP contribution in [0, 0.1) is 5.92 Å². The first-order valence-corrected chi connectivity index (χ1v) is 8.06. The smallest absolute Gasteiger partial charge is 0.223 e. The lowest BCUT2D eigenvalue weighted by Crippen LogP contribution is -2.34. The minimum atomic E-state index is 0.0839. The van der Waals surface area contributed by atoms with Crippen LogP contribution in [0.2, 0.25) is 0 Å². The Morgan fingerprint density at radius 2 is 2.19 bits per heavy atom. The van der Waals surface area contributed by atoms with Gasteiger partial charge in [0, 0.05) is 31.9 Å². The first kappa shape index (κ1) is 14.2. The molecular formula is C16H18N2O2S. The minimum Gasteiger partial charge on any atom is -0.381 e. The van der Waals surface area contributed by atoms with E-state index in [1.807, 2.05) is 23.6 Å². The monoisotopic (exact) mass is 302 g/mol. The third-order valence-electron chi connectivity index (χ3n) is 3.69. The van der Waals surface area contributed by atoms with Crippen molar-refractivity contribution in [2.45, 2.75) is 19.4 Å². The predicted molar refractivity (Wildman–Crippen MR) is 82.9 cm³/mol. The Kier molecular flexibility index (Phi) is 4.62. The SMILES string of the molecule is O=C(NCc1cccnc1-c1cccs1)C1CCOCC1. The number of ether oxygens (including phenoxy) is 1. The third kappa shape index (κ3) is 3.49. The molecule has 1 N–H and O–H groups in total. The van der Waals surface area contributed by atoms with E-state index in [9.17, 15) is 4.79 Å². The topological polar surface area (TPSA) is 51.2 Å². The lowest BCUT2D eigenvalue weighted by Gasteiger charge is -2.21. The van der Waals surface area contributed by atoms with Crippen LogP contribution in [0.3, 0.4) is 0 Å². The normalized spacial score (nSPS) is 15.8. The first-order valence-electron chi connectivity index (χ1n) is 7.18. The molecule has 0 atom stereocenters. The molecule has 0 aliphatic carbocycles. The Morgan fingerprint density at radius 3 is 2.95 bits per heavy atom. The zero-order chi connectivity index (χ0) is 14.5. The van der Waals surface area contributed by atoms with Crippen LogP contribution in [0.5, 0.6) is 0 Å². The van der Waals surface area contributed by atoms with Gasteiger partial charge in [-0.2, -0.15) is 0 Å². The number of hydrogen-bond acceptors (Lipinski definition) is 4. The summed E-state index contributed by atoms with van der Waals surface area (Å²) in [5, 5.41) is 5.08. The minimum absolute atomic E-state index is 0.0839. The van der Waals surface area contributed by atoms with E-state index in [2.05, 4.69) is 16.4 Å². The van der Waals surface area contributed by atoms with E-state index in [0.717, 1.165) is 29.0 Å². The van der Waals surface area contributed by atoms with E-state index in [1.54, 1.807) is 17.5 Å². The van der Waals surface area contributed by atoms with Crippen molar-refractivity contribution in [1.29, 1.82) is 0 Å². The van der Waals surface area contributed by atoms with Crippen molar-refractivity contribution >= 4 is 17.2 Å². The summed E-state index contributed by atoms with van der Waals surface area (Å²) >= 11 is 1.66. The van der Waals surface area contributed by atoms with Gasteiger partial charge in [0.15, 0.2) is 0 Å². The average molecular weight is 302 g/mol. The van der Waals surface area contributed by atoms with Crippen molar-refractivity contribution in [3.63, 3.8) is 0 Å². The standard InChI is InChI=1S/C16H18N2O2S/c19-16(12-5-8-20-9-6-12)18-11-13-3-1-7-17-15(13)14-4-2-10-21-14/h1-4,7,10,12H,5-6,8-9,11H2,(H,18,19). The van der Waals surface area contributed by atoms with Crippen LogP contribution in [-0.4, -0.2) is 24.1 Å². The Hall–Kier alpha value is -1.72. The van der Waals surface area contributed by atoms with Crippen molar-refractivity contribution in [2.24, 2.45) is 5.92 Å². The predicted octanol–water partition coefficient (Wildman–Crippen LogP) is 2.85. The van der Waals surface area contributed by atoms with Crippen LogP contribution in [0.25, 0.3) is 10.6 Å². The second-order valence-corrected chi connectivity index (χ2v) is 6.04. The largest absolute Gasteiger partial charge is 0.381 e. The molecule has 0 bridgehead atoms. The lowest BCUT2D eigenvalue weighted by molar-refractivity contribution is -0.128. The number of carbonyl (C=O) groups excluding carboxylic acids is 1. The van der Waals surface area contributed by atoms with Gasteiger partial charge in [0.1, 0.15) is 0 Å². The van der Waals surface area contributed by atoms with Gasteiger partial charge in [-0.05, 0) is 35.9 Å². The van der Waals surface area contributed by atoms with Gasteiger partial charge < -0.3 is 10.1 Å². The second-order valence-electron chi connectivity index (χ2n) is 5.09. The number of hydrogen-bond donors (Lipinski definition) is 1. The van der Waals surface area contributed by atoms with E-state index < -0.39 is 0 Å². The molecule has 2 aromatic heterocycles. The summed E-state index contributed by atoms with van der Waals surface area (Å²) in [4.78, 5) is 17.8. The van der Waals surface area contributed by atoms with Gasteiger partial charge >= 0.3 is 0 Å². The fraction of sp³-hybridized carbons (Fsp3) is 0.375. The van der Waals surface area contributed by atoms with Gasteiger partial charge in [-0.25, -0.2) is 0 Å². The molecule has 0 spiro atoms. The van der Waals surface area contributed by atoms with Crippen LogP contribution in [0.4, 0.5) is 0 Å². The molecule has 0 saturated carbocycles. The molecule has 1 saturated heterocycles. The summed E-state index contributed by atoms with van der Waals surface area (Å²) in [5.74, 6) is 0.208. The number of rotatable bonds is 4. The fourth-order valence-electron chi connectivity index (χ4n) is 2.50. The molecule has 0 aromatic carbocycles. The molecule has 1 amide bonds. The van der Waals surface area contributed by atoms with Gasteiger partial charge in [-0.1, -0.05) is 12.1 Å². The zero-order valence-electron chi connectivity index (χ0n) is 11.7. The molecule has 1 aliphatic rings. The van der Waals surface area contributed by atoms with Gasteiger partial charge in [0.25, 0.3) is 0 Å². The Labute approximate surface area is 128 Å². The van der Waals surface area contributed by atoms with Crippen molar-refractivity contribution in [1.82, 2.24) is 10.3 Å². The molecule has 1 fully saturated rings. The van der Waals surface area contributed by atoms with E-state index in [-0.39, 0.29) is 11.8 Å². The maximum Gasteiger partial charge on any atom is 0.223 e. The van der Waals surface area contributed by atoms with Crippen LogP contribution in [-0.2, 0) is 16.1 Å². The number of aromatic nitrogens is 1. The van der Waals surface area contributed by atoms with E-state index in [0.29, 0.717) is 19.8 Å². The van der Waals surface area contributed by atoms with Crippen molar-refractivity contribution in [3.8, 4) is 10.6 Å². The van der Waals surface area contributed by atoms with E-state index in [4.69, 9.17) is 4.74 Å². The van der Waals surface area contributed by atoms with Crippen LogP contribution >= 0.6 is 11.3 Å². The molecule has 21 heavy (non-hydrogen) atoms. The van der Waals surface area contributed by atoms with Gasteiger partial charge in [0.05, 0.1) is 10.6 Å². The first-order chi connectivity index (χ1) is 10.3. The zero-order valence-corrected chi connectivity index (χ0v) is 12.6. The highest BCUT2D eigenvalue weighted by Crippen LogP contribution is 2.25. The highest BCUT2D eigenvalue weighted by Gasteiger charge is 2.21. The van der Waals surface area contributed by atoms with E-state index in [1.165, 1.54) is 0 Å². The molecule has 3 heterocycles. The number of nitrogens with one attached hydrogen (secondary N) is 1. The van der Waals surface area contributed by atoms with Gasteiger partial charge in [0.2, 0.25) is 5.91 Å². The van der Waals surface area contributed by atoms with E-state index >= 15 is 0 Å². The van der Waals surface area contributed by atoms with Gasteiger partial charge in [-0.3, -0.25) is 9.78 Å². The number of amides is 1. The molecule has 5 heteroatoms. The molecule has 0 unspecified atom stereocenters. The highest BCUT2D eigenvalue weighted by atomic mass is 32.1. The lowest BCUT2D eigenvalue weighted by atomic mass is 9.99. The molecule has 0 radical (unpaired) electrons. The van der Waals surface area contributed by atoms with Crippen LogP contribution in [0.15, 0.2) is 35.8 Å². The summed E-state index contributed by atoms with van der Waals surface area (Å²) in [6, 6.07) is 8.00. The molecular weight excluding hydrogens is 284 g/mol. The van der Waals surface area contributed by atoms with Crippen LogP contribution < -0.4 is 5.32 Å². The summed E-state index contributed by atoms with van der Waals surface area (Å²) < 4.78 is 5.29. The van der Waals surface area contributed by atoms with Crippen molar-refractivity contribution in [3.05, 3.63) is 41.4 Å². The van der Waals surface area contributed by atoms with Crippen molar-refractivity contribution in [2.75, 3.05) is 13.2 Å². The maximum atomic E-state index is 12.2. The fourth-order valence-corrected chi connectivity index (χ4v) is 3.26. The van der Waals surface area contributed by atoms with Crippen LogP contribution in [0.1, 0.15) is 18.4 Å². The number of pyridine rings is 1. The maximum absolute atomic E-state index is 12.2. The summed E-state index contributed by atoms with van der Waals surface area (Å²) in [7, 11) is 0. The van der Waals surface area contributed by atoms with Crippen molar-refractivity contribution < 1.29 is 9.53 Å². The quantitative estimate of drug-likeness (QED) is 0.945. The summed E-state index contributed by atoms with van der Waals surface area (Å²) in [5.41, 5.74) is 2.01. The molecule has 1 aliphatic heterocycles. The Bertz CT molecular complexity index is 592. The molecule has 3 rings (SSSR count).